The number of hydrogen-bond acceptors (Lipinski definition) is 7. The van der Waals surface area contributed by atoms with Crippen molar-refractivity contribution in [2.24, 2.45) is 0 Å². The van der Waals surface area contributed by atoms with Gasteiger partial charge in [0.25, 0.3) is 5.78 Å². The predicted molar refractivity (Wildman–Crippen MR) is 95.2 cm³/mol. The van der Waals surface area contributed by atoms with Gasteiger partial charge in [-0.3, -0.25) is 0 Å². The van der Waals surface area contributed by atoms with Crippen LogP contribution in [0.1, 0.15) is 30.2 Å². The van der Waals surface area contributed by atoms with Gasteiger partial charge in [-0.25, -0.2) is 0 Å². The summed E-state index contributed by atoms with van der Waals surface area (Å²) in [7, 11) is 0. The smallest absolute Gasteiger partial charge is 0.276 e. The molecule has 0 spiro atoms. The number of aromatic nitrogens is 5. The predicted octanol–water partition coefficient (Wildman–Crippen LogP) is 0.286. The first-order valence-corrected chi connectivity index (χ1v) is 9.86. The van der Waals surface area contributed by atoms with Gasteiger partial charge in [0, 0.05) is 19.6 Å². The van der Waals surface area contributed by atoms with Crippen LogP contribution in [0.25, 0.3) is 16.0 Å². The summed E-state index contributed by atoms with van der Waals surface area (Å²) in [4.78, 5) is 8.89. The first-order valence-electron chi connectivity index (χ1n) is 9.05. The number of tetrazole rings is 1. The third-order valence-corrected chi connectivity index (χ3v) is 6.53. The molecule has 0 aromatic carbocycles. The number of quaternary nitrogens is 1. The zero-order valence-corrected chi connectivity index (χ0v) is 15.1. The fourth-order valence-corrected chi connectivity index (χ4v) is 5.26. The molecule has 8 nitrogen and oxygen atoms in total. The standard InChI is InChI=1S/C16H21N7OS/c1-2-22-6-5-11-12(9-22)25-15-13(11)14(17-8-10-4-3-7-24-10)18-16-19-20-21-23(15)16/h10H,2-9H2,1H3,(H,17,18,19,21)/p+1/t10-/m1/s1. The molecule has 0 amide bonds. The van der Waals surface area contributed by atoms with E-state index in [1.807, 2.05) is 11.3 Å². The molecule has 0 aliphatic carbocycles. The molecule has 2 aliphatic heterocycles. The van der Waals surface area contributed by atoms with E-state index in [2.05, 4.69) is 27.8 Å². The second-order valence-corrected chi connectivity index (χ2v) is 7.91. The van der Waals surface area contributed by atoms with Crippen LogP contribution >= 0.6 is 11.3 Å². The highest BCUT2D eigenvalue weighted by molar-refractivity contribution is 7.19. The molecule has 25 heavy (non-hydrogen) atoms. The van der Waals surface area contributed by atoms with Gasteiger partial charge in [-0.05, 0) is 35.8 Å². The average molecular weight is 360 g/mol. The molecular weight excluding hydrogens is 338 g/mol. The fraction of sp³-hybridized carbons (Fsp3) is 0.625. The van der Waals surface area contributed by atoms with E-state index in [0.29, 0.717) is 5.78 Å². The molecule has 9 heteroatoms. The Morgan fingerprint density at radius 2 is 2.40 bits per heavy atom. The van der Waals surface area contributed by atoms with Crippen molar-refractivity contribution in [2.45, 2.75) is 38.8 Å². The molecule has 1 unspecified atom stereocenters. The van der Waals surface area contributed by atoms with Crippen molar-refractivity contribution in [3.05, 3.63) is 10.4 Å². The van der Waals surface area contributed by atoms with E-state index in [1.54, 1.807) is 9.42 Å². The lowest BCUT2D eigenvalue weighted by Crippen LogP contribution is -3.11. The van der Waals surface area contributed by atoms with Crippen LogP contribution in [0.4, 0.5) is 5.82 Å². The highest BCUT2D eigenvalue weighted by Gasteiger charge is 2.27. The van der Waals surface area contributed by atoms with Crippen molar-refractivity contribution < 1.29 is 9.64 Å². The maximum atomic E-state index is 5.75. The Balaban J connectivity index is 1.60. The maximum absolute atomic E-state index is 5.75. The summed E-state index contributed by atoms with van der Waals surface area (Å²) in [6.07, 6.45) is 3.62. The van der Waals surface area contributed by atoms with Gasteiger partial charge in [0.1, 0.15) is 17.2 Å². The summed E-state index contributed by atoms with van der Waals surface area (Å²) in [5.74, 6) is 1.46. The molecule has 3 aromatic rings. The van der Waals surface area contributed by atoms with Crippen molar-refractivity contribution in [3.63, 3.8) is 0 Å². The van der Waals surface area contributed by atoms with Gasteiger partial charge >= 0.3 is 0 Å². The van der Waals surface area contributed by atoms with Crippen molar-refractivity contribution in [1.82, 2.24) is 25.0 Å². The van der Waals surface area contributed by atoms with Gasteiger partial charge in [0.05, 0.1) is 29.5 Å². The van der Waals surface area contributed by atoms with Crippen LogP contribution in [0.15, 0.2) is 0 Å². The van der Waals surface area contributed by atoms with Gasteiger partial charge in [-0.2, -0.15) is 9.50 Å². The first kappa shape index (κ1) is 15.4. The number of rotatable bonds is 4. The minimum atomic E-state index is 0.276. The molecular formula is C16H22N7OS+. The Labute approximate surface area is 149 Å². The van der Waals surface area contributed by atoms with Crippen LogP contribution in [0, 0.1) is 0 Å². The Bertz CT molecular complexity index is 914. The average Bonchev–Trinajstić information content (AvgIpc) is 3.36. The second kappa shape index (κ2) is 6.15. The summed E-state index contributed by atoms with van der Waals surface area (Å²) >= 11 is 1.81. The zero-order chi connectivity index (χ0) is 16.8. The number of fused-ring (bicyclic) bond motifs is 5. The van der Waals surface area contributed by atoms with Crippen LogP contribution in [-0.2, 0) is 17.7 Å². The molecule has 5 heterocycles. The van der Waals surface area contributed by atoms with E-state index in [1.165, 1.54) is 22.4 Å². The fourth-order valence-electron chi connectivity index (χ4n) is 3.90. The molecule has 3 aromatic heterocycles. The summed E-state index contributed by atoms with van der Waals surface area (Å²) in [5, 5.41) is 16.8. The summed E-state index contributed by atoms with van der Waals surface area (Å²) < 4.78 is 7.52. The normalized spacial score (nSPS) is 23.4. The molecule has 2 atom stereocenters. The van der Waals surface area contributed by atoms with E-state index in [0.717, 1.165) is 56.2 Å². The summed E-state index contributed by atoms with van der Waals surface area (Å²) in [6, 6.07) is 0. The van der Waals surface area contributed by atoms with Gasteiger partial charge in [0.15, 0.2) is 0 Å². The lowest BCUT2D eigenvalue weighted by molar-refractivity contribution is -0.913. The lowest BCUT2D eigenvalue weighted by Gasteiger charge is -2.22. The molecule has 2 N–H and O–H groups in total. The van der Waals surface area contributed by atoms with Crippen LogP contribution in [-0.4, -0.2) is 57.4 Å². The number of thiophene rings is 1. The van der Waals surface area contributed by atoms with Gasteiger partial charge < -0.3 is 15.0 Å². The maximum Gasteiger partial charge on any atom is 0.276 e. The van der Waals surface area contributed by atoms with Gasteiger partial charge in [0.2, 0.25) is 0 Å². The number of likely N-dealkylation sites (N-methyl/N-ethyl adjacent to an activating group) is 1. The van der Waals surface area contributed by atoms with E-state index in [9.17, 15) is 0 Å². The molecule has 1 fully saturated rings. The minimum Gasteiger partial charge on any atom is -0.376 e. The van der Waals surface area contributed by atoms with Crippen molar-refractivity contribution in [1.29, 1.82) is 0 Å². The topological polar surface area (TPSA) is 81.7 Å². The largest absolute Gasteiger partial charge is 0.376 e. The lowest BCUT2D eigenvalue weighted by atomic mass is 10.0. The number of hydrogen-bond donors (Lipinski definition) is 2. The van der Waals surface area contributed by atoms with Crippen molar-refractivity contribution in [3.8, 4) is 0 Å². The third kappa shape index (κ3) is 2.57. The van der Waals surface area contributed by atoms with Crippen LogP contribution in [0.3, 0.4) is 0 Å². The summed E-state index contributed by atoms with van der Waals surface area (Å²) in [6.45, 7) is 7.33. The molecule has 0 bridgehead atoms. The molecule has 0 radical (unpaired) electrons. The Hall–Kier alpha value is -1.84. The molecule has 0 saturated carbocycles. The number of nitrogens with zero attached hydrogens (tertiary/aromatic N) is 5. The molecule has 2 aliphatic rings. The summed E-state index contributed by atoms with van der Waals surface area (Å²) in [5.41, 5.74) is 1.43. The van der Waals surface area contributed by atoms with Crippen LogP contribution < -0.4 is 10.2 Å². The third-order valence-electron chi connectivity index (χ3n) is 5.33. The zero-order valence-electron chi connectivity index (χ0n) is 14.3. The highest BCUT2D eigenvalue weighted by Crippen LogP contribution is 2.36. The first-order chi connectivity index (χ1) is 12.3. The van der Waals surface area contributed by atoms with E-state index in [-0.39, 0.29) is 6.10 Å². The van der Waals surface area contributed by atoms with Crippen LogP contribution in [0.5, 0.6) is 0 Å². The Kier molecular flexibility index (Phi) is 3.79. The molecule has 1 saturated heterocycles. The Morgan fingerprint density at radius 1 is 1.44 bits per heavy atom. The van der Waals surface area contributed by atoms with E-state index >= 15 is 0 Å². The number of nitrogens with one attached hydrogen (secondary N) is 2. The quantitative estimate of drug-likeness (QED) is 0.696. The number of anilines is 1. The number of ether oxygens (including phenoxy) is 1. The molecule has 5 rings (SSSR count). The highest BCUT2D eigenvalue weighted by atomic mass is 32.1. The van der Waals surface area contributed by atoms with Crippen LogP contribution in [0.2, 0.25) is 0 Å². The van der Waals surface area contributed by atoms with Gasteiger partial charge in [-0.1, -0.05) is 5.10 Å². The SMILES string of the molecule is CC[NH+]1CCc2c(sc3c2c(NC[C@H]2CCCO2)nc2nnnn23)C1. The Morgan fingerprint density at radius 3 is 3.24 bits per heavy atom. The van der Waals surface area contributed by atoms with E-state index < -0.39 is 0 Å². The van der Waals surface area contributed by atoms with Gasteiger partial charge in [-0.15, -0.1) is 11.3 Å². The van der Waals surface area contributed by atoms with E-state index in [4.69, 9.17) is 9.72 Å². The molecule has 132 valence electrons. The van der Waals surface area contributed by atoms with Crippen molar-refractivity contribution >= 4 is 33.1 Å². The van der Waals surface area contributed by atoms with Crippen molar-refractivity contribution in [2.75, 3.05) is 31.6 Å². The minimum absolute atomic E-state index is 0.276. The second-order valence-electron chi connectivity index (χ2n) is 6.83. The monoisotopic (exact) mass is 360 g/mol.